The number of allylic oxidation sites excluding steroid dienone is 2. The van der Waals surface area contributed by atoms with E-state index >= 15 is 0 Å². The van der Waals surface area contributed by atoms with E-state index < -0.39 is 16.5 Å². The number of hydrogen-bond donors (Lipinski definition) is 0. The van der Waals surface area contributed by atoms with Crippen LogP contribution in [0.5, 0.6) is 0 Å². The third kappa shape index (κ3) is 24.2. The monoisotopic (exact) mass is 656 g/mol. The molecule has 7 heteroatoms. The predicted octanol–water partition coefficient (Wildman–Crippen LogP) is 11.7. The van der Waals surface area contributed by atoms with Gasteiger partial charge >= 0.3 is 11.9 Å². The molecule has 43 heavy (non-hydrogen) atoms. The van der Waals surface area contributed by atoms with Crippen molar-refractivity contribution in [3.05, 3.63) is 23.3 Å². The van der Waals surface area contributed by atoms with Crippen LogP contribution in [0.3, 0.4) is 0 Å². The molecule has 0 aliphatic heterocycles. The topological polar surface area (TPSA) is 52.6 Å². The molecule has 0 bridgehead atoms. The van der Waals surface area contributed by atoms with Crippen molar-refractivity contribution in [2.24, 2.45) is 11.8 Å². The highest BCUT2D eigenvalue weighted by molar-refractivity contribution is 8.47. The molecule has 0 amide bonds. The molecule has 0 saturated heterocycles. The van der Waals surface area contributed by atoms with Crippen LogP contribution in [0.1, 0.15) is 153 Å². The van der Waals surface area contributed by atoms with Crippen molar-refractivity contribution in [3.8, 4) is 0 Å². The zero-order valence-corrected chi connectivity index (χ0v) is 31.9. The molecular formula is C36H64O4S3. The third-order valence-corrected chi connectivity index (χ3v) is 9.85. The predicted molar refractivity (Wildman–Crippen MR) is 195 cm³/mol. The standard InChI is InChI=1S/C36H64O4S3/c1-12-13-14-15-16-17-18-19-20-21-24-42-34(41)43-32(33(38)40-36(9,10)11)28(4)22-23-30(25-27(2)3)29(5)26-31(37)39-35(6,7)8/h22,26-27,30,32H,12-21,23-25H2,1-11H3/b28-22+,29-26+/t30?,32-/m1/s1. The average molecular weight is 657 g/mol. The number of thioether (sulfide) groups is 2. The van der Waals surface area contributed by atoms with Crippen LogP contribution in [0.15, 0.2) is 23.3 Å². The summed E-state index contributed by atoms with van der Waals surface area (Å²) >= 11 is 8.86. The Morgan fingerprint density at radius 2 is 1.30 bits per heavy atom. The van der Waals surface area contributed by atoms with Gasteiger partial charge in [0.25, 0.3) is 0 Å². The highest BCUT2D eigenvalue weighted by Gasteiger charge is 2.29. The molecule has 0 aromatic carbocycles. The van der Waals surface area contributed by atoms with Crippen LogP contribution in [0.2, 0.25) is 0 Å². The van der Waals surface area contributed by atoms with Crippen LogP contribution in [0.4, 0.5) is 0 Å². The highest BCUT2D eigenvalue weighted by atomic mass is 32.2. The van der Waals surface area contributed by atoms with E-state index in [0.29, 0.717) is 5.92 Å². The number of esters is 2. The summed E-state index contributed by atoms with van der Waals surface area (Å²) < 4.78 is 12.1. The van der Waals surface area contributed by atoms with Crippen molar-refractivity contribution in [2.75, 3.05) is 5.75 Å². The molecule has 0 aromatic heterocycles. The van der Waals surface area contributed by atoms with E-state index in [2.05, 4.69) is 26.8 Å². The molecule has 2 atom stereocenters. The molecule has 0 heterocycles. The summed E-state index contributed by atoms with van der Waals surface area (Å²) in [6, 6.07) is 0. The zero-order chi connectivity index (χ0) is 33.1. The fourth-order valence-electron chi connectivity index (χ4n) is 4.66. The van der Waals surface area contributed by atoms with Gasteiger partial charge in [-0.3, -0.25) is 4.79 Å². The lowest BCUT2D eigenvalue weighted by Gasteiger charge is -2.25. The first kappa shape index (κ1) is 42.2. The summed E-state index contributed by atoms with van der Waals surface area (Å²) in [5, 5.41) is -0.484. The number of ether oxygens (including phenoxy) is 2. The average Bonchev–Trinajstić information content (AvgIpc) is 2.85. The van der Waals surface area contributed by atoms with Gasteiger partial charge in [-0.05, 0) is 92.2 Å². The van der Waals surface area contributed by atoms with Gasteiger partial charge in [0.05, 0.1) is 0 Å². The second-order valence-electron chi connectivity index (χ2n) is 14.2. The van der Waals surface area contributed by atoms with Gasteiger partial charge in [0.2, 0.25) is 0 Å². The maximum Gasteiger partial charge on any atom is 0.331 e. The second kappa shape index (κ2) is 22.7. The maximum absolute atomic E-state index is 13.3. The Hall–Kier alpha value is -0.790. The molecule has 1 unspecified atom stereocenters. The Labute approximate surface area is 279 Å². The van der Waals surface area contributed by atoms with E-state index in [1.165, 1.54) is 69.5 Å². The van der Waals surface area contributed by atoms with Crippen molar-refractivity contribution in [1.82, 2.24) is 0 Å². The summed E-state index contributed by atoms with van der Waals surface area (Å²) in [5.74, 6) is 1.05. The van der Waals surface area contributed by atoms with Gasteiger partial charge in [0, 0.05) is 6.08 Å². The summed E-state index contributed by atoms with van der Waals surface area (Å²) in [5.41, 5.74) is 0.837. The molecule has 0 aliphatic carbocycles. The van der Waals surface area contributed by atoms with Crippen LogP contribution < -0.4 is 0 Å². The van der Waals surface area contributed by atoms with Crippen molar-refractivity contribution >= 4 is 51.2 Å². The van der Waals surface area contributed by atoms with Crippen molar-refractivity contribution < 1.29 is 19.1 Å². The maximum atomic E-state index is 13.3. The van der Waals surface area contributed by atoms with E-state index in [1.54, 1.807) is 17.8 Å². The number of rotatable bonds is 20. The normalized spacial score (nSPS) is 14.5. The first-order valence-electron chi connectivity index (χ1n) is 16.6. The van der Waals surface area contributed by atoms with Crippen molar-refractivity contribution in [3.63, 3.8) is 0 Å². The van der Waals surface area contributed by atoms with Gasteiger partial charge in [-0.2, -0.15) is 0 Å². The smallest absolute Gasteiger partial charge is 0.331 e. The Kier molecular flexibility index (Phi) is 22.3. The minimum absolute atomic E-state index is 0.171. The molecule has 0 saturated carbocycles. The zero-order valence-electron chi connectivity index (χ0n) is 29.4. The van der Waals surface area contributed by atoms with Gasteiger partial charge in [-0.1, -0.05) is 120 Å². The van der Waals surface area contributed by atoms with Crippen LogP contribution >= 0.6 is 35.7 Å². The lowest BCUT2D eigenvalue weighted by atomic mass is 9.87. The SMILES string of the molecule is CCCCCCCCCCCCSC(=S)S[C@@H](C(=O)OC(C)(C)C)/C(C)=C/CC(CC(C)C)/C(C)=C/C(=O)OC(C)(C)C. The van der Waals surface area contributed by atoms with E-state index in [-0.39, 0.29) is 17.9 Å². The van der Waals surface area contributed by atoms with E-state index in [9.17, 15) is 9.59 Å². The Morgan fingerprint density at radius 3 is 1.79 bits per heavy atom. The van der Waals surface area contributed by atoms with Crippen molar-refractivity contribution in [1.29, 1.82) is 0 Å². The van der Waals surface area contributed by atoms with Crippen molar-refractivity contribution in [2.45, 2.75) is 170 Å². The third-order valence-electron chi connectivity index (χ3n) is 6.84. The first-order valence-corrected chi connectivity index (χ1v) is 18.9. The van der Waals surface area contributed by atoms with Crippen LogP contribution in [-0.4, -0.2) is 37.7 Å². The van der Waals surface area contributed by atoms with Gasteiger partial charge in [0.1, 0.15) is 20.0 Å². The molecule has 0 N–H and O–H groups in total. The number of carbonyl (C=O) groups excluding carboxylic acids is 2. The molecule has 4 nitrogen and oxygen atoms in total. The quantitative estimate of drug-likeness (QED) is 0.0425. The van der Waals surface area contributed by atoms with Crippen LogP contribution in [0.25, 0.3) is 0 Å². The molecule has 0 spiro atoms. The fraction of sp³-hybridized carbons (Fsp3) is 0.806. The molecular weight excluding hydrogens is 593 g/mol. The minimum atomic E-state index is -0.576. The largest absolute Gasteiger partial charge is 0.459 e. The van der Waals surface area contributed by atoms with Gasteiger partial charge in [0.15, 0.2) is 0 Å². The lowest BCUT2D eigenvalue weighted by molar-refractivity contribution is -0.153. The van der Waals surface area contributed by atoms with Gasteiger partial charge < -0.3 is 9.47 Å². The van der Waals surface area contributed by atoms with Gasteiger partial charge in [-0.25, -0.2) is 4.79 Å². The molecule has 0 radical (unpaired) electrons. The Balaban J connectivity index is 5.24. The fourth-order valence-corrected chi connectivity index (χ4v) is 7.15. The second-order valence-corrected chi connectivity index (χ2v) is 17.6. The van der Waals surface area contributed by atoms with E-state index in [1.807, 2.05) is 55.4 Å². The van der Waals surface area contributed by atoms with Crippen LogP contribution in [0, 0.1) is 11.8 Å². The summed E-state index contributed by atoms with van der Waals surface area (Å²) in [7, 11) is 0. The molecule has 0 aliphatic rings. The summed E-state index contributed by atoms with van der Waals surface area (Å²) in [6.45, 7) is 21.9. The Morgan fingerprint density at radius 1 is 0.791 bits per heavy atom. The molecule has 0 fully saturated rings. The minimum Gasteiger partial charge on any atom is -0.459 e. The van der Waals surface area contributed by atoms with Crippen LogP contribution in [-0.2, 0) is 19.1 Å². The van der Waals surface area contributed by atoms with Gasteiger partial charge in [-0.15, -0.1) is 11.8 Å². The number of thiocarbonyl (C=S) groups is 1. The van der Waals surface area contributed by atoms with E-state index in [0.717, 1.165) is 39.7 Å². The Bertz CT molecular complexity index is 878. The number of carbonyl (C=O) groups is 2. The summed E-state index contributed by atoms with van der Waals surface area (Å²) in [4.78, 5) is 25.8. The van der Waals surface area contributed by atoms with E-state index in [4.69, 9.17) is 21.7 Å². The lowest BCUT2D eigenvalue weighted by Crippen LogP contribution is -2.31. The highest BCUT2D eigenvalue weighted by Crippen LogP contribution is 2.32. The number of unbranched alkanes of at least 4 members (excludes halogenated alkanes) is 9. The molecule has 0 aromatic rings. The first-order chi connectivity index (χ1) is 19.9. The summed E-state index contributed by atoms with van der Waals surface area (Å²) in [6.07, 6.45) is 18.6. The number of hydrogen-bond acceptors (Lipinski definition) is 7. The molecule has 0 rings (SSSR count). The molecule has 250 valence electrons.